The summed E-state index contributed by atoms with van der Waals surface area (Å²) in [6.45, 7) is 0. The summed E-state index contributed by atoms with van der Waals surface area (Å²) >= 11 is 0. The van der Waals surface area contributed by atoms with Gasteiger partial charge in [0.05, 0.1) is 16.4 Å². The minimum Gasteiger partial charge on any atom is -0.456 e. The second kappa shape index (κ2) is 13.4. The number of benzene rings is 10. The molecule has 0 saturated heterocycles. The van der Waals surface area contributed by atoms with Crippen molar-refractivity contribution in [2.24, 2.45) is 0 Å². The van der Waals surface area contributed by atoms with Crippen LogP contribution in [-0.4, -0.2) is 4.57 Å². The van der Waals surface area contributed by atoms with Crippen molar-refractivity contribution in [3.05, 3.63) is 253 Å². The third-order valence-electron chi connectivity index (χ3n) is 13.2. The molecule has 62 heavy (non-hydrogen) atoms. The number of nitrogens with zero attached hydrogens (tertiary/aromatic N) is 2. The monoisotopic (exact) mass is 790 g/mol. The predicted octanol–water partition coefficient (Wildman–Crippen LogP) is 15.7. The number of aromatic nitrogens is 1. The molecule has 2 aromatic heterocycles. The maximum absolute atomic E-state index is 6.57. The topological polar surface area (TPSA) is 21.3 Å². The molecule has 10 aromatic carbocycles. The number of fused-ring (bicyclic) bond motifs is 10. The predicted molar refractivity (Wildman–Crippen MR) is 258 cm³/mol. The van der Waals surface area contributed by atoms with Gasteiger partial charge in [-0.05, 0) is 117 Å². The summed E-state index contributed by atoms with van der Waals surface area (Å²) < 4.78 is 8.97. The van der Waals surface area contributed by atoms with E-state index in [4.69, 9.17) is 4.42 Å². The lowest BCUT2D eigenvalue weighted by Crippen LogP contribution is -2.28. The summed E-state index contributed by atoms with van der Waals surface area (Å²) in [4.78, 5) is 2.42. The molecule has 290 valence electrons. The van der Waals surface area contributed by atoms with E-state index in [-0.39, 0.29) is 0 Å². The van der Waals surface area contributed by atoms with Gasteiger partial charge in [-0.2, -0.15) is 0 Å². The minimum atomic E-state index is -0.578. The molecule has 3 nitrogen and oxygen atoms in total. The van der Waals surface area contributed by atoms with Gasteiger partial charge in [0.1, 0.15) is 11.2 Å². The molecule has 0 radical (unpaired) electrons. The van der Waals surface area contributed by atoms with E-state index in [1.165, 1.54) is 60.4 Å². The molecule has 0 aliphatic heterocycles. The second-order valence-corrected chi connectivity index (χ2v) is 16.5. The van der Waals surface area contributed by atoms with Crippen LogP contribution >= 0.6 is 0 Å². The summed E-state index contributed by atoms with van der Waals surface area (Å²) in [6.07, 6.45) is 0. The fourth-order valence-corrected chi connectivity index (χ4v) is 10.6. The lowest BCUT2D eigenvalue weighted by atomic mass is 9.67. The fourth-order valence-electron chi connectivity index (χ4n) is 10.6. The smallest absolute Gasteiger partial charge is 0.137 e. The number of hydrogen-bond donors (Lipinski definition) is 0. The van der Waals surface area contributed by atoms with Gasteiger partial charge in [-0.1, -0.05) is 152 Å². The van der Waals surface area contributed by atoms with E-state index in [2.05, 4.69) is 234 Å². The molecule has 12 aromatic rings. The Labute approximate surface area is 359 Å². The third-order valence-corrected chi connectivity index (χ3v) is 13.2. The van der Waals surface area contributed by atoms with E-state index < -0.39 is 5.41 Å². The first-order valence-corrected chi connectivity index (χ1v) is 21.3. The highest BCUT2D eigenvalue weighted by atomic mass is 16.3. The molecule has 0 spiro atoms. The van der Waals surface area contributed by atoms with Crippen molar-refractivity contribution in [3.63, 3.8) is 0 Å². The number of furan rings is 1. The van der Waals surface area contributed by atoms with E-state index in [9.17, 15) is 0 Å². The molecule has 1 aliphatic rings. The van der Waals surface area contributed by atoms with E-state index in [1.807, 2.05) is 6.07 Å². The van der Waals surface area contributed by atoms with Gasteiger partial charge in [-0.3, -0.25) is 0 Å². The Morgan fingerprint density at radius 2 is 0.887 bits per heavy atom. The molecule has 2 heterocycles. The van der Waals surface area contributed by atoms with Gasteiger partial charge in [0.2, 0.25) is 0 Å². The van der Waals surface area contributed by atoms with Crippen LogP contribution in [0.1, 0.15) is 22.3 Å². The Bertz CT molecular complexity index is 3660. The lowest BCUT2D eigenvalue weighted by molar-refractivity contribution is 0.669. The zero-order valence-corrected chi connectivity index (χ0v) is 33.7. The first-order chi connectivity index (χ1) is 30.7. The van der Waals surface area contributed by atoms with Crippen LogP contribution in [-0.2, 0) is 5.41 Å². The molecule has 0 fully saturated rings. The molecule has 0 amide bonds. The summed E-state index contributed by atoms with van der Waals surface area (Å²) in [5, 5.41) is 7.13. The average Bonchev–Trinajstić information content (AvgIpc) is 3.97. The van der Waals surface area contributed by atoms with Gasteiger partial charge in [-0.25, -0.2) is 0 Å². The fraction of sp³-hybridized carbons (Fsp3) is 0.0169. The van der Waals surface area contributed by atoms with Crippen molar-refractivity contribution in [2.75, 3.05) is 4.90 Å². The second-order valence-electron chi connectivity index (χ2n) is 16.5. The largest absolute Gasteiger partial charge is 0.456 e. The van der Waals surface area contributed by atoms with Crippen LogP contribution in [0.4, 0.5) is 17.1 Å². The maximum Gasteiger partial charge on any atom is 0.137 e. The molecule has 13 rings (SSSR count). The van der Waals surface area contributed by atoms with Crippen molar-refractivity contribution in [1.29, 1.82) is 0 Å². The standard InChI is InChI=1S/C59H38N2O/c1-4-18-41(19-5-1)59(42-20-6-2-7-21-42)53-35-40-17-11-10-16-39(40)34-52(53)47-31-28-44(36-54(47)59)60(46-30-33-51-50-25-13-15-27-57(50)62-58(51)38-46)45-29-32-49-48-24-12-14-26-55(48)61(56(49)37-45)43-22-8-3-9-23-43/h1-38H. The molecular weight excluding hydrogens is 753 g/mol. The number of para-hydroxylation sites is 3. The van der Waals surface area contributed by atoms with Gasteiger partial charge in [0.15, 0.2) is 0 Å². The normalized spacial score (nSPS) is 13.0. The number of rotatable bonds is 6. The van der Waals surface area contributed by atoms with Gasteiger partial charge >= 0.3 is 0 Å². The van der Waals surface area contributed by atoms with Crippen molar-refractivity contribution in [2.45, 2.75) is 5.41 Å². The highest BCUT2D eigenvalue weighted by molar-refractivity contribution is 6.11. The summed E-state index contributed by atoms with van der Waals surface area (Å²) in [7, 11) is 0. The molecule has 0 saturated carbocycles. The zero-order chi connectivity index (χ0) is 40.8. The molecule has 3 heteroatoms. The Morgan fingerprint density at radius 1 is 0.355 bits per heavy atom. The van der Waals surface area contributed by atoms with E-state index >= 15 is 0 Å². The van der Waals surface area contributed by atoms with Gasteiger partial charge in [0.25, 0.3) is 0 Å². The van der Waals surface area contributed by atoms with Crippen molar-refractivity contribution in [3.8, 4) is 16.8 Å². The number of anilines is 3. The van der Waals surface area contributed by atoms with Crippen LogP contribution in [0.5, 0.6) is 0 Å². The first kappa shape index (κ1) is 34.7. The van der Waals surface area contributed by atoms with Crippen LogP contribution in [0.15, 0.2) is 235 Å². The molecule has 1 aliphatic carbocycles. The molecule has 0 N–H and O–H groups in total. The maximum atomic E-state index is 6.57. The van der Waals surface area contributed by atoms with Gasteiger partial charge < -0.3 is 13.9 Å². The quantitative estimate of drug-likeness (QED) is 0.167. The lowest BCUT2D eigenvalue weighted by Gasteiger charge is -2.35. The minimum absolute atomic E-state index is 0.578. The summed E-state index contributed by atoms with van der Waals surface area (Å²) in [5.74, 6) is 0. The highest BCUT2D eigenvalue weighted by Gasteiger charge is 2.46. The van der Waals surface area contributed by atoms with Crippen LogP contribution in [0.2, 0.25) is 0 Å². The summed E-state index contributed by atoms with van der Waals surface area (Å²) in [5.41, 5.74) is 15.3. The highest BCUT2D eigenvalue weighted by Crippen LogP contribution is 2.58. The van der Waals surface area contributed by atoms with E-state index in [0.717, 1.165) is 50.2 Å². The van der Waals surface area contributed by atoms with Crippen molar-refractivity contribution in [1.82, 2.24) is 4.57 Å². The molecule has 0 bridgehead atoms. The Balaban J connectivity index is 1.11. The molecule has 0 atom stereocenters. The Kier molecular flexibility index (Phi) is 7.52. The average molecular weight is 791 g/mol. The van der Waals surface area contributed by atoms with Crippen LogP contribution in [0.3, 0.4) is 0 Å². The third kappa shape index (κ3) is 5.00. The van der Waals surface area contributed by atoms with Crippen molar-refractivity contribution < 1.29 is 4.42 Å². The van der Waals surface area contributed by atoms with E-state index in [1.54, 1.807) is 0 Å². The number of hydrogen-bond acceptors (Lipinski definition) is 2. The van der Waals surface area contributed by atoms with Gasteiger partial charge in [-0.15, -0.1) is 0 Å². The molecular formula is C59H38N2O. The van der Waals surface area contributed by atoms with E-state index in [0.29, 0.717) is 0 Å². The van der Waals surface area contributed by atoms with Gasteiger partial charge in [0, 0.05) is 50.4 Å². The SMILES string of the molecule is c1ccc(-n2c3ccccc3c3ccc(N(c4ccc5c(c4)C(c4ccccc4)(c4ccccc4)c4cc6ccccc6cc4-5)c4ccc5c(c4)oc4ccccc45)cc32)cc1. The zero-order valence-electron chi connectivity index (χ0n) is 33.7. The van der Waals surface area contributed by atoms with Crippen molar-refractivity contribution >= 4 is 71.6 Å². The summed E-state index contributed by atoms with van der Waals surface area (Å²) in [6, 6.07) is 84.3. The van der Waals surface area contributed by atoms with Crippen LogP contribution in [0, 0.1) is 0 Å². The van der Waals surface area contributed by atoms with Crippen LogP contribution in [0.25, 0.3) is 71.3 Å². The van der Waals surface area contributed by atoms with Crippen LogP contribution < -0.4 is 4.90 Å². The Morgan fingerprint density at radius 3 is 1.65 bits per heavy atom. The molecule has 0 unspecified atom stereocenters. The first-order valence-electron chi connectivity index (χ1n) is 21.3. The Hall–Kier alpha value is -8.14.